The van der Waals surface area contributed by atoms with Gasteiger partial charge in [-0.3, -0.25) is 4.31 Å². The molecule has 0 N–H and O–H groups in total. The molecule has 42 valence electrons. The molecular weight excluding hydrogens is 126 g/mol. The third-order valence-corrected chi connectivity index (χ3v) is 3.92. The maximum absolute atomic E-state index is 5.08. The lowest BCUT2D eigenvalue weighted by molar-refractivity contribution is 0.594. The Morgan fingerprint density at radius 2 is 2.43 bits per heavy atom. The lowest BCUT2D eigenvalue weighted by atomic mass is 10.5. The first-order valence-electron chi connectivity index (χ1n) is 2.40. The molecule has 3 heteroatoms. The first kappa shape index (κ1) is 5.66. The summed E-state index contributed by atoms with van der Waals surface area (Å²) in [7, 11) is 2.30. The van der Waals surface area contributed by atoms with Crippen LogP contribution in [-0.2, 0) is 20.8 Å². The van der Waals surface area contributed by atoms with Crippen LogP contribution >= 0.6 is 0 Å². The van der Waals surface area contributed by atoms with E-state index in [4.69, 9.17) is 11.2 Å². The summed E-state index contributed by atoms with van der Waals surface area (Å²) in [6.45, 7) is 1.21. The standard InChI is InChI=1S/C4H9NS2/c1-5-3-2-4-7(5)6/h2-4H2,1H3. The summed E-state index contributed by atoms with van der Waals surface area (Å²) >= 11 is 5.08. The van der Waals surface area contributed by atoms with E-state index < -0.39 is 0 Å². The molecule has 1 heterocycles. The molecule has 1 aliphatic heterocycles. The van der Waals surface area contributed by atoms with E-state index in [0.29, 0.717) is 0 Å². The molecule has 7 heavy (non-hydrogen) atoms. The van der Waals surface area contributed by atoms with Crippen molar-refractivity contribution in [1.82, 2.24) is 4.31 Å². The number of hydrogen-bond acceptors (Lipinski definition) is 1. The topological polar surface area (TPSA) is 3.24 Å². The first-order chi connectivity index (χ1) is 3.30. The van der Waals surface area contributed by atoms with Gasteiger partial charge >= 0.3 is 0 Å². The third-order valence-electron chi connectivity index (χ3n) is 1.14. The molecule has 0 spiro atoms. The van der Waals surface area contributed by atoms with Gasteiger partial charge in [0.05, 0.1) is 0 Å². The van der Waals surface area contributed by atoms with Crippen molar-refractivity contribution in [3.8, 4) is 0 Å². The van der Waals surface area contributed by atoms with Crippen LogP contribution in [0, 0.1) is 0 Å². The Morgan fingerprint density at radius 3 is 2.57 bits per heavy atom. The van der Waals surface area contributed by atoms with Crippen molar-refractivity contribution in [2.45, 2.75) is 6.42 Å². The molecule has 1 unspecified atom stereocenters. The zero-order valence-electron chi connectivity index (χ0n) is 4.39. The van der Waals surface area contributed by atoms with Crippen LogP contribution in [0.3, 0.4) is 0 Å². The van der Waals surface area contributed by atoms with E-state index in [1.807, 2.05) is 0 Å². The van der Waals surface area contributed by atoms with Gasteiger partial charge in [0, 0.05) is 12.3 Å². The Morgan fingerprint density at radius 1 is 1.71 bits per heavy atom. The van der Waals surface area contributed by atoms with Crippen LogP contribution in [0.15, 0.2) is 0 Å². The SMILES string of the molecule is CN1CCCS1=S. The van der Waals surface area contributed by atoms with Gasteiger partial charge in [0.15, 0.2) is 0 Å². The predicted molar refractivity (Wildman–Crippen MR) is 36.8 cm³/mol. The highest BCUT2D eigenvalue weighted by Crippen LogP contribution is 2.04. The fourth-order valence-electron chi connectivity index (χ4n) is 0.668. The summed E-state index contributed by atoms with van der Waals surface area (Å²) in [5, 5.41) is 0. The fraction of sp³-hybridized carbons (Fsp3) is 1.00. The van der Waals surface area contributed by atoms with Crippen molar-refractivity contribution >= 4 is 20.8 Å². The van der Waals surface area contributed by atoms with Gasteiger partial charge in [-0.15, -0.1) is 0 Å². The Balaban J connectivity index is 2.48. The van der Waals surface area contributed by atoms with Crippen LogP contribution in [-0.4, -0.2) is 23.7 Å². The molecule has 1 aliphatic rings. The van der Waals surface area contributed by atoms with Crippen molar-refractivity contribution in [2.24, 2.45) is 0 Å². The fourth-order valence-corrected chi connectivity index (χ4v) is 2.27. The first-order valence-corrected chi connectivity index (χ1v) is 4.68. The van der Waals surface area contributed by atoms with Crippen LogP contribution in [0.5, 0.6) is 0 Å². The van der Waals surface area contributed by atoms with Crippen LogP contribution in [0.25, 0.3) is 0 Å². The second-order valence-corrected chi connectivity index (χ2v) is 4.56. The summed E-state index contributed by atoms with van der Waals surface area (Å²) < 4.78 is 2.25. The molecule has 0 radical (unpaired) electrons. The average molecular weight is 135 g/mol. The molecule has 1 nitrogen and oxygen atoms in total. The molecule has 0 aromatic heterocycles. The lowest BCUT2D eigenvalue weighted by Crippen LogP contribution is -2.12. The van der Waals surface area contributed by atoms with Gasteiger partial charge < -0.3 is 0 Å². The molecule has 0 bridgehead atoms. The minimum absolute atomic E-state index is 0.199. The van der Waals surface area contributed by atoms with Gasteiger partial charge in [-0.25, -0.2) is 0 Å². The second-order valence-electron chi connectivity index (χ2n) is 1.73. The third kappa shape index (κ3) is 1.21. The van der Waals surface area contributed by atoms with Crippen molar-refractivity contribution in [3.63, 3.8) is 0 Å². The molecule has 1 atom stereocenters. The predicted octanol–water partition coefficient (Wildman–Crippen LogP) is 0.317. The Kier molecular flexibility index (Phi) is 1.78. The van der Waals surface area contributed by atoms with Crippen LogP contribution < -0.4 is 0 Å². The van der Waals surface area contributed by atoms with E-state index in [1.165, 1.54) is 18.7 Å². The van der Waals surface area contributed by atoms with E-state index >= 15 is 0 Å². The van der Waals surface area contributed by atoms with E-state index in [1.54, 1.807) is 0 Å². The van der Waals surface area contributed by atoms with Crippen LogP contribution in [0.2, 0.25) is 0 Å². The van der Waals surface area contributed by atoms with Crippen molar-refractivity contribution < 1.29 is 0 Å². The van der Waals surface area contributed by atoms with Gasteiger partial charge in [-0.05, 0) is 24.7 Å². The van der Waals surface area contributed by atoms with E-state index in [0.717, 1.165) is 0 Å². The van der Waals surface area contributed by atoms with E-state index in [9.17, 15) is 0 Å². The number of rotatable bonds is 0. The minimum atomic E-state index is 0.199. The molecule has 0 amide bonds. The van der Waals surface area contributed by atoms with Gasteiger partial charge in [-0.1, -0.05) is 9.64 Å². The van der Waals surface area contributed by atoms with Gasteiger partial charge in [0.1, 0.15) is 0 Å². The smallest absolute Gasteiger partial charge is 0.0130 e. The normalized spacial score (nSPS) is 34.1. The van der Waals surface area contributed by atoms with Gasteiger partial charge in [0.25, 0.3) is 0 Å². The highest BCUT2D eigenvalue weighted by molar-refractivity contribution is 8.27. The summed E-state index contributed by atoms with van der Waals surface area (Å²) in [5.41, 5.74) is 0. The van der Waals surface area contributed by atoms with Gasteiger partial charge in [0.2, 0.25) is 0 Å². The maximum Gasteiger partial charge on any atom is 0.0130 e. The van der Waals surface area contributed by atoms with Crippen molar-refractivity contribution in [2.75, 3.05) is 19.3 Å². The molecule has 0 aromatic carbocycles. The molecule has 1 saturated heterocycles. The second kappa shape index (κ2) is 2.20. The lowest BCUT2D eigenvalue weighted by Gasteiger charge is -2.04. The largest absolute Gasteiger partial charge is 0.251 e. The molecular formula is C4H9NS2. The van der Waals surface area contributed by atoms with Gasteiger partial charge in [-0.2, -0.15) is 0 Å². The van der Waals surface area contributed by atoms with E-state index in [-0.39, 0.29) is 9.64 Å². The molecule has 0 aromatic rings. The summed E-state index contributed by atoms with van der Waals surface area (Å²) in [4.78, 5) is 0. The summed E-state index contributed by atoms with van der Waals surface area (Å²) in [6.07, 6.45) is 1.31. The van der Waals surface area contributed by atoms with Crippen LogP contribution in [0.1, 0.15) is 6.42 Å². The number of hydrogen-bond donors (Lipinski definition) is 0. The highest BCUT2D eigenvalue weighted by Gasteiger charge is 2.09. The Hall–Kier alpha value is 0.530. The quantitative estimate of drug-likeness (QED) is 0.470. The zero-order chi connectivity index (χ0) is 5.28. The Bertz CT molecular complexity index is 91.7. The number of nitrogens with zero attached hydrogens (tertiary/aromatic N) is 1. The molecule has 1 rings (SSSR count). The van der Waals surface area contributed by atoms with Crippen LogP contribution in [0.4, 0.5) is 0 Å². The molecule has 1 fully saturated rings. The van der Waals surface area contributed by atoms with E-state index in [2.05, 4.69) is 11.4 Å². The minimum Gasteiger partial charge on any atom is -0.251 e. The summed E-state index contributed by atoms with van der Waals surface area (Å²) in [6, 6.07) is 0. The monoisotopic (exact) mass is 135 g/mol. The average Bonchev–Trinajstić information content (AvgIpc) is 1.91. The molecule has 0 saturated carbocycles. The van der Waals surface area contributed by atoms with Crippen molar-refractivity contribution in [3.05, 3.63) is 0 Å². The zero-order valence-corrected chi connectivity index (χ0v) is 6.02. The van der Waals surface area contributed by atoms with Crippen molar-refractivity contribution in [1.29, 1.82) is 0 Å². The Labute approximate surface area is 51.4 Å². The summed E-state index contributed by atoms with van der Waals surface area (Å²) in [5.74, 6) is 1.24. The highest BCUT2D eigenvalue weighted by atomic mass is 32.8. The molecule has 0 aliphatic carbocycles. The maximum atomic E-state index is 5.08.